The molecule has 1 N–H and O–H groups in total. The number of likely N-dealkylation sites (tertiary alicyclic amines) is 1. The van der Waals surface area contributed by atoms with Crippen LogP contribution in [0.25, 0.3) is 0 Å². The number of pyridine rings is 1. The SMILES string of the molecule is O=C(Nc1cccnc1)c1ccc(N(C(=O)C2CCCN2C(=O)OCc2ccccc2)c2nccs2)cc1. The quantitative estimate of drug-likeness (QED) is 0.352. The first-order valence-electron chi connectivity index (χ1n) is 12.1. The molecule has 192 valence electrons. The van der Waals surface area contributed by atoms with Crippen LogP contribution >= 0.6 is 11.3 Å². The molecule has 10 heteroatoms. The first-order chi connectivity index (χ1) is 18.6. The van der Waals surface area contributed by atoms with Crippen LogP contribution in [-0.2, 0) is 16.1 Å². The third kappa shape index (κ3) is 5.70. The molecule has 0 bridgehead atoms. The molecule has 1 aliphatic heterocycles. The van der Waals surface area contributed by atoms with Crippen LogP contribution < -0.4 is 10.2 Å². The van der Waals surface area contributed by atoms with Crippen LogP contribution in [0, 0.1) is 0 Å². The molecule has 0 radical (unpaired) electrons. The third-order valence-corrected chi connectivity index (χ3v) is 6.87. The number of ether oxygens (including phenoxy) is 1. The molecule has 38 heavy (non-hydrogen) atoms. The minimum atomic E-state index is -0.685. The van der Waals surface area contributed by atoms with Gasteiger partial charge in [0, 0.05) is 29.9 Å². The van der Waals surface area contributed by atoms with Crippen molar-refractivity contribution in [1.29, 1.82) is 0 Å². The van der Waals surface area contributed by atoms with Gasteiger partial charge in [0.25, 0.3) is 11.8 Å². The largest absolute Gasteiger partial charge is 0.445 e. The maximum Gasteiger partial charge on any atom is 0.410 e. The molecule has 0 aliphatic carbocycles. The molecule has 1 fully saturated rings. The number of hydrogen-bond donors (Lipinski definition) is 1. The Morgan fingerprint density at radius 1 is 1.03 bits per heavy atom. The van der Waals surface area contributed by atoms with Gasteiger partial charge in [0.05, 0.1) is 17.6 Å². The van der Waals surface area contributed by atoms with E-state index in [1.54, 1.807) is 60.4 Å². The van der Waals surface area contributed by atoms with Crippen LogP contribution in [-0.4, -0.2) is 45.4 Å². The number of amides is 3. The van der Waals surface area contributed by atoms with Gasteiger partial charge in [-0.3, -0.25) is 24.4 Å². The summed E-state index contributed by atoms with van der Waals surface area (Å²) in [6, 6.07) is 18.9. The summed E-state index contributed by atoms with van der Waals surface area (Å²) in [4.78, 5) is 50.8. The van der Waals surface area contributed by atoms with Gasteiger partial charge in [-0.05, 0) is 54.8 Å². The summed E-state index contributed by atoms with van der Waals surface area (Å²) in [7, 11) is 0. The number of nitrogens with zero attached hydrogens (tertiary/aromatic N) is 4. The van der Waals surface area contributed by atoms with E-state index in [0.717, 1.165) is 5.56 Å². The molecule has 0 spiro atoms. The lowest BCUT2D eigenvalue weighted by molar-refractivity contribution is -0.121. The molecular weight excluding hydrogens is 502 g/mol. The maximum absolute atomic E-state index is 13.9. The van der Waals surface area contributed by atoms with Gasteiger partial charge in [0.15, 0.2) is 5.13 Å². The predicted octanol–water partition coefficient (Wildman–Crippen LogP) is 5.26. The number of hydrogen-bond acceptors (Lipinski definition) is 7. The standard InChI is InChI=1S/C28H25N5O4S/c34-25(31-22-8-4-14-29-18-22)21-10-12-23(13-11-21)33(27-30-15-17-38-27)26(35)24-9-5-16-32(24)28(36)37-19-20-6-2-1-3-7-20/h1-4,6-8,10-15,17-18,24H,5,9,16,19H2,(H,31,34). The van der Waals surface area contributed by atoms with Crippen molar-refractivity contribution in [2.24, 2.45) is 0 Å². The van der Waals surface area contributed by atoms with Crippen LogP contribution in [0.5, 0.6) is 0 Å². The molecule has 1 saturated heterocycles. The fourth-order valence-corrected chi connectivity index (χ4v) is 4.92. The van der Waals surface area contributed by atoms with Crippen LogP contribution in [0.4, 0.5) is 21.3 Å². The van der Waals surface area contributed by atoms with Crippen LogP contribution in [0.15, 0.2) is 90.7 Å². The molecule has 3 heterocycles. The summed E-state index contributed by atoms with van der Waals surface area (Å²) in [6.45, 7) is 0.568. The number of rotatable bonds is 7. The zero-order chi connectivity index (χ0) is 26.3. The molecular formula is C28H25N5O4S. The smallest absolute Gasteiger partial charge is 0.410 e. The second kappa shape index (κ2) is 11.7. The second-order valence-corrected chi connectivity index (χ2v) is 9.50. The summed E-state index contributed by atoms with van der Waals surface area (Å²) >= 11 is 1.32. The van der Waals surface area contributed by atoms with E-state index in [0.29, 0.717) is 41.5 Å². The molecule has 9 nitrogen and oxygen atoms in total. The zero-order valence-electron chi connectivity index (χ0n) is 20.4. The van der Waals surface area contributed by atoms with Crippen LogP contribution in [0.2, 0.25) is 0 Å². The Morgan fingerprint density at radius 3 is 2.55 bits per heavy atom. The summed E-state index contributed by atoms with van der Waals surface area (Å²) in [5.41, 5.74) is 2.44. The summed E-state index contributed by atoms with van der Waals surface area (Å²) < 4.78 is 5.51. The van der Waals surface area contributed by atoms with Gasteiger partial charge in [-0.1, -0.05) is 30.3 Å². The number of benzene rings is 2. The number of anilines is 3. The zero-order valence-corrected chi connectivity index (χ0v) is 21.2. The van der Waals surface area contributed by atoms with Crippen molar-refractivity contribution in [3.8, 4) is 0 Å². The molecule has 4 aromatic rings. The molecule has 1 unspecified atom stereocenters. The van der Waals surface area contributed by atoms with E-state index in [1.165, 1.54) is 21.1 Å². The average Bonchev–Trinajstić information content (AvgIpc) is 3.66. The lowest BCUT2D eigenvalue weighted by atomic mass is 10.1. The number of carbonyl (C=O) groups excluding carboxylic acids is 3. The summed E-state index contributed by atoms with van der Waals surface area (Å²) in [6.07, 6.45) is 5.50. The highest BCUT2D eigenvalue weighted by atomic mass is 32.1. The van der Waals surface area contributed by atoms with Gasteiger partial charge < -0.3 is 10.1 Å². The Morgan fingerprint density at radius 2 is 1.84 bits per heavy atom. The number of nitrogens with one attached hydrogen (secondary N) is 1. The molecule has 5 rings (SSSR count). The number of aromatic nitrogens is 2. The molecule has 0 saturated carbocycles. The molecule has 3 amide bonds. The highest BCUT2D eigenvalue weighted by Crippen LogP contribution is 2.32. The Balaban J connectivity index is 1.32. The fraction of sp³-hybridized carbons (Fsp3) is 0.179. The summed E-state index contributed by atoms with van der Waals surface area (Å²) in [5, 5.41) is 5.06. The van der Waals surface area contributed by atoms with Crippen molar-refractivity contribution >= 4 is 45.8 Å². The lowest BCUT2D eigenvalue weighted by Crippen LogP contribution is -2.46. The highest BCUT2D eigenvalue weighted by molar-refractivity contribution is 7.13. The first-order valence-corrected chi connectivity index (χ1v) is 13.0. The van der Waals surface area contributed by atoms with E-state index in [-0.39, 0.29) is 18.4 Å². The molecule has 1 aliphatic rings. The topological polar surface area (TPSA) is 105 Å². The molecule has 1 atom stereocenters. The van der Waals surface area contributed by atoms with Crippen LogP contribution in [0.3, 0.4) is 0 Å². The van der Waals surface area contributed by atoms with E-state index in [2.05, 4.69) is 15.3 Å². The number of thiazole rings is 1. The lowest BCUT2D eigenvalue weighted by Gasteiger charge is -2.28. The Kier molecular flexibility index (Phi) is 7.70. The van der Waals surface area contributed by atoms with Gasteiger partial charge in [-0.25, -0.2) is 9.78 Å². The highest BCUT2D eigenvalue weighted by Gasteiger charge is 2.39. The van der Waals surface area contributed by atoms with Gasteiger partial charge in [-0.2, -0.15) is 0 Å². The van der Waals surface area contributed by atoms with Gasteiger partial charge in [0.1, 0.15) is 12.6 Å². The van der Waals surface area contributed by atoms with Crippen molar-refractivity contribution < 1.29 is 19.1 Å². The molecule has 2 aromatic heterocycles. The van der Waals surface area contributed by atoms with Crippen molar-refractivity contribution in [3.05, 3.63) is 102 Å². The Labute approximate surface area is 223 Å². The number of carbonyl (C=O) groups is 3. The Bertz CT molecular complexity index is 1380. The van der Waals surface area contributed by atoms with Crippen molar-refractivity contribution in [2.75, 3.05) is 16.8 Å². The average molecular weight is 528 g/mol. The monoisotopic (exact) mass is 527 g/mol. The minimum Gasteiger partial charge on any atom is -0.445 e. The minimum absolute atomic E-state index is 0.135. The van der Waals surface area contributed by atoms with E-state index in [4.69, 9.17) is 4.74 Å². The predicted molar refractivity (Wildman–Crippen MR) is 144 cm³/mol. The Hall–Kier alpha value is -4.57. The van der Waals surface area contributed by atoms with E-state index in [9.17, 15) is 14.4 Å². The second-order valence-electron chi connectivity index (χ2n) is 8.62. The van der Waals surface area contributed by atoms with Crippen LogP contribution in [0.1, 0.15) is 28.8 Å². The normalized spacial score (nSPS) is 14.6. The van der Waals surface area contributed by atoms with Gasteiger partial charge >= 0.3 is 6.09 Å². The van der Waals surface area contributed by atoms with Crippen molar-refractivity contribution in [2.45, 2.75) is 25.5 Å². The first kappa shape index (κ1) is 25.1. The van der Waals surface area contributed by atoms with Gasteiger partial charge in [0.2, 0.25) is 0 Å². The van der Waals surface area contributed by atoms with Crippen molar-refractivity contribution in [1.82, 2.24) is 14.9 Å². The van der Waals surface area contributed by atoms with Gasteiger partial charge in [-0.15, -0.1) is 11.3 Å². The maximum atomic E-state index is 13.9. The molecule has 2 aromatic carbocycles. The van der Waals surface area contributed by atoms with E-state index >= 15 is 0 Å². The summed E-state index contributed by atoms with van der Waals surface area (Å²) in [5.74, 6) is -0.568. The van der Waals surface area contributed by atoms with E-state index < -0.39 is 12.1 Å². The van der Waals surface area contributed by atoms with Crippen molar-refractivity contribution in [3.63, 3.8) is 0 Å². The van der Waals surface area contributed by atoms with E-state index in [1.807, 2.05) is 30.3 Å². The third-order valence-electron chi connectivity index (χ3n) is 6.12. The fourth-order valence-electron chi connectivity index (χ4n) is 4.25.